The summed E-state index contributed by atoms with van der Waals surface area (Å²) in [5.74, 6) is 1.41. The van der Waals surface area contributed by atoms with Gasteiger partial charge < -0.3 is 15.2 Å². The number of aromatic nitrogens is 1. The first-order valence-corrected chi connectivity index (χ1v) is 7.37. The van der Waals surface area contributed by atoms with Crippen molar-refractivity contribution in [1.29, 1.82) is 0 Å². The van der Waals surface area contributed by atoms with Crippen molar-refractivity contribution in [3.63, 3.8) is 0 Å². The number of thiocarbonyl (C=S) groups is 1. The first-order chi connectivity index (χ1) is 9.56. The molecule has 0 aliphatic rings. The molecule has 0 unspecified atom stereocenters. The minimum Gasteiger partial charge on any atom is -0.493 e. The molecule has 106 valence electrons. The van der Waals surface area contributed by atoms with Gasteiger partial charge in [0.05, 0.1) is 24.3 Å². The Balaban J connectivity index is 2.44. The van der Waals surface area contributed by atoms with Crippen molar-refractivity contribution >= 4 is 28.5 Å². The van der Waals surface area contributed by atoms with Gasteiger partial charge >= 0.3 is 0 Å². The predicted molar refractivity (Wildman–Crippen MR) is 85.9 cm³/mol. The average molecular weight is 308 g/mol. The van der Waals surface area contributed by atoms with Crippen LogP contribution in [-0.4, -0.2) is 23.7 Å². The normalized spacial score (nSPS) is 10.3. The number of nitrogens with zero attached hydrogens (tertiary/aromatic N) is 1. The molecule has 0 atom stereocenters. The summed E-state index contributed by atoms with van der Waals surface area (Å²) in [6.07, 6.45) is 0. The number of methoxy groups -OCH3 is 1. The lowest BCUT2D eigenvalue weighted by Crippen LogP contribution is -2.08. The Labute approximate surface area is 127 Å². The Bertz CT molecular complexity index is 638. The van der Waals surface area contributed by atoms with E-state index >= 15 is 0 Å². The maximum atomic E-state index is 5.69. The maximum Gasteiger partial charge on any atom is 0.161 e. The number of ether oxygens (including phenoxy) is 2. The van der Waals surface area contributed by atoms with Crippen LogP contribution in [0.2, 0.25) is 0 Å². The van der Waals surface area contributed by atoms with Gasteiger partial charge in [-0.1, -0.05) is 12.2 Å². The third-order valence-electron chi connectivity index (χ3n) is 2.73. The molecule has 2 rings (SSSR count). The number of hydrogen-bond acceptors (Lipinski definition) is 5. The average Bonchev–Trinajstić information content (AvgIpc) is 2.81. The van der Waals surface area contributed by atoms with Crippen LogP contribution in [0.5, 0.6) is 11.5 Å². The van der Waals surface area contributed by atoms with Crippen LogP contribution in [0.4, 0.5) is 0 Å². The van der Waals surface area contributed by atoms with Crippen LogP contribution in [0.25, 0.3) is 10.6 Å². The summed E-state index contributed by atoms with van der Waals surface area (Å²) >= 11 is 6.51. The summed E-state index contributed by atoms with van der Waals surface area (Å²) in [4.78, 5) is 5.74. The smallest absolute Gasteiger partial charge is 0.161 e. The second-order valence-corrected chi connectivity index (χ2v) is 5.54. The van der Waals surface area contributed by atoms with E-state index in [0.717, 1.165) is 21.1 Å². The molecule has 0 aliphatic heterocycles. The van der Waals surface area contributed by atoms with Gasteiger partial charge in [0.2, 0.25) is 0 Å². The summed E-state index contributed by atoms with van der Waals surface area (Å²) < 4.78 is 10.8. The minimum absolute atomic E-state index is 0.379. The first kappa shape index (κ1) is 14.7. The highest BCUT2D eigenvalue weighted by atomic mass is 32.1. The summed E-state index contributed by atoms with van der Waals surface area (Å²) in [7, 11) is 1.62. The second kappa shape index (κ2) is 6.19. The monoisotopic (exact) mass is 308 g/mol. The van der Waals surface area contributed by atoms with E-state index in [1.165, 1.54) is 11.3 Å². The highest BCUT2D eigenvalue weighted by Gasteiger charge is 2.13. The number of nitrogens with two attached hydrogens (primary N) is 1. The molecule has 2 N–H and O–H groups in total. The topological polar surface area (TPSA) is 57.4 Å². The molecule has 6 heteroatoms. The van der Waals surface area contributed by atoms with Gasteiger partial charge in [-0.3, -0.25) is 0 Å². The molecule has 0 spiro atoms. The minimum atomic E-state index is 0.379. The van der Waals surface area contributed by atoms with Crippen molar-refractivity contribution < 1.29 is 9.47 Å². The lowest BCUT2D eigenvalue weighted by Gasteiger charge is -2.10. The first-order valence-electron chi connectivity index (χ1n) is 6.15. The molecule has 2 aromatic rings. The molecule has 4 nitrogen and oxygen atoms in total. The van der Waals surface area contributed by atoms with Crippen molar-refractivity contribution in [2.24, 2.45) is 5.73 Å². The van der Waals surface area contributed by atoms with Gasteiger partial charge in [0, 0.05) is 5.56 Å². The van der Waals surface area contributed by atoms with Crippen LogP contribution in [-0.2, 0) is 0 Å². The maximum absolute atomic E-state index is 5.69. The number of benzene rings is 1. The van der Waals surface area contributed by atoms with Crippen LogP contribution < -0.4 is 15.2 Å². The van der Waals surface area contributed by atoms with Crippen LogP contribution in [0.15, 0.2) is 18.2 Å². The molecule has 0 fully saturated rings. The van der Waals surface area contributed by atoms with Gasteiger partial charge in [-0.15, -0.1) is 11.3 Å². The van der Waals surface area contributed by atoms with E-state index in [9.17, 15) is 0 Å². The molecule has 1 aromatic heterocycles. The second-order valence-electron chi connectivity index (χ2n) is 4.10. The predicted octanol–water partition coefficient (Wildman–Crippen LogP) is 3.16. The Morgan fingerprint density at radius 3 is 2.70 bits per heavy atom. The van der Waals surface area contributed by atoms with Crippen molar-refractivity contribution in [2.45, 2.75) is 13.8 Å². The highest BCUT2D eigenvalue weighted by Crippen LogP contribution is 2.35. The Morgan fingerprint density at radius 2 is 2.15 bits per heavy atom. The van der Waals surface area contributed by atoms with Crippen molar-refractivity contribution in [1.82, 2.24) is 4.98 Å². The third kappa shape index (κ3) is 2.91. The van der Waals surface area contributed by atoms with Gasteiger partial charge in [0.25, 0.3) is 0 Å². The molecule has 0 saturated carbocycles. The summed E-state index contributed by atoms with van der Waals surface area (Å²) in [6.45, 7) is 4.42. The standard InChI is InChI=1S/C14H16N2O2S2/c1-4-18-11-7-9(5-6-10(11)17-3)14-16-8(2)12(20-14)13(15)19/h5-7H,4H2,1-3H3,(H2,15,19). The van der Waals surface area contributed by atoms with E-state index in [4.69, 9.17) is 27.4 Å². The zero-order chi connectivity index (χ0) is 14.7. The van der Waals surface area contributed by atoms with Gasteiger partial charge in [-0.2, -0.15) is 0 Å². The van der Waals surface area contributed by atoms with E-state index < -0.39 is 0 Å². The van der Waals surface area contributed by atoms with E-state index in [0.29, 0.717) is 23.1 Å². The molecule has 20 heavy (non-hydrogen) atoms. The number of thiazole rings is 1. The lowest BCUT2D eigenvalue weighted by atomic mass is 10.2. The Hall–Kier alpha value is -1.66. The lowest BCUT2D eigenvalue weighted by molar-refractivity contribution is 0.311. The molecular weight excluding hydrogens is 292 g/mol. The largest absolute Gasteiger partial charge is 0.493 e. The van der Waals surface area contributed by atoms with Crippen LogP contribution in [0.1, 0.15) is 17.5 Å². The highest BCUT2D eigenvalue weighted by molar-refractivity contribution is 7.81. The zero-order valence-corrected chi connectivity index (χ0v) is 13.2. The summed E-state index contributed by atoms with van der Waals surface area (Å²) in [5.41, 5.74) is 7.50. The van der Waals surface area contributed by atoms with Gasteiger partial charge in [0.1, 0.15) is 10.00 Å². The van der Waals surface area contributed by atoms with Gasteiger partial charge in [-0.25, -0.2) is 4.98 Å². The fraction of sp³-hybridized carbons (Fsp3) is 0.286. The number of rotatable bonds is 5. The molecule has 0 bridgehead atoms. The van der Waals surface area contributed by atoms with Gasteiger partial charge in [0.15, 0.2) is 11.5 Å². The van der Waals surface area contributed by atoms with Crippen LogP contribution in [0.3, 0.4) is 0 Å². The number of aryl methyl sites for hydroxylation is 1. The SMILES string of the molecule is CCOc1cc(-c2nc(C)c(C(N)=S)s2)ccc1OC. The van der Waals surface area contributed by atoms with E-state index in [1.54, 1.807) is 7.11 Å². The van der Waals surface area contributed by atoms with Gasteiger partial charge in [-0.05, 0) is 32.0 Å². The number of hydrogen-bond donors (Lipinski definition) is 1. The molecular formula is C14H16N2O2S2. The fourth-order valence-electron chi connectivity index (χ4n) is 1.83. The van der Waals surface area contributed by atoms with Crippen molar-refractivity contribution in [3.05, 3.63) is 28.8 Å². The molecule has 1 heterocycles. The quantitative estimate of drug-likeness (QED) is 0.860. The van der Waals surface area contributed by atoms with E-state index in [1.807, 2.05) is 32.0 Å². The fourth-order valence-corrected chi connectivity index (χ4v) is 3.01. The van der Waals surface area contributed by atoms with E-state index in [-0.39, 0.29) is 0 Å². The summed E-state index contributed by atoms with van der Waals surface area (Å²) in [6, 6.07) is 5.74. The third-order valence-corrected chi connectivity index (χ3v) is 4.30. The Morgan fingerprint density at radius 1 is 1.40 bits per heavy atom. The van der Waals surface area contributed by atoms with Crippen LogP contribution in [0, 0.1) is 6.92 Å². The van der Waals surface area contributed by atoms with Crippen molar-refractivity contribution in [3.8, 4) is 22.1 Å². The van der Waals surface area contributed by atoms with Crippen molar-refractivity contribution in [2.75, 3.05) is 13.7 Å². The Kier molecular flexibility index (Phi) is 4.57. The zero-order valence-electron chi connectivity index (χ0n) is 11.6. The molecule has 0 aliphatic carbocycles. The van der Waals surface area contributed by atoms with E-state index in [2.05, 4.69) is 4.98 Å². The molecule has 0 saturated heterocycles. The van der Waals surface area contributed by atoms with Crippen LogP contribution >= 0.6 is 23.6 Å². The molecule has 1 aromatic carbocycles. The molecule has 0 amide bonds. The summed E-state index contributed by atoms with van der Waals surface area (Å²) in [5, 5.41) is 0.869. The molecule has 0 radical (unpaired) electrons.